The van der Waals surface area contributed by atoms with E-state index in [0.717, 1.165) is 16.0 Å². The Morgan fingerprint density at radius 2 is 1.78 bits per heavy atom. The number of fused-ring (bicyclic) bond motifs is 1. The summed E-state index contributed by atoms with van der Waals surface area (Å²) in [7, 11) is 1.59. The average molecular weight is 524 g/mol. The van der Waals surface area contributed by atoms with E-state index in [4.69, 9.17) is 14.2 Å². The largest absolute Gasteiger partial charge is 0.497 e. The highest BCUT2D eigenvalue weighted by molar-refractivity contribution is 7.10. The number of hydrogen-bond acceptors (Lipinski definition) is 6. The topological polar surface area (TPSA) is 80.3 Å². The lowest BCUT2D eigenvalue weighted by molar-refractivity contribution is -0.133. The van der Waals surface area contributed by atoms with Gasteiger partial charge in [0, 0.05) is 23.7 Å². The predicted octanol–water partition coefficient (Wildman–Crippen LogP) is 5.51. The Morgan fingerprint density at radius 3 is 2.46 bits per heavy atom. The van der Waals surface area contributed by atoms with Crippen molar-refractivity contribution in [3.8, 4) is 17.2 Å². The molecule has 8 nitrogen and oxygen atoms in total. The van der Waals surface area contributed by atoms with E-state index in [-0.39, 0.29) is 31.2 Å². The number of rotatable bonds is 10. The predicted molar refractivity (Wildman–Crippen MR) is 144 cm³/mol. The van der Waals surface area contributed by atoms with Gasteiger partial charge in [0.2, 0.25) is 12.7 Å². The zero-order chi connectivity index (χ0) is 26.4. The van der Waals surface area contributed by atoms with Crippen LogP contribution in [0.4, 0.5) is 10.5 Å². The minimum Gasteiger partial charge on any atom is -0.497 e. The second-order valence-electron chi connectivity index (χ2n) is 9.40. The van der Waals surface area contributed by atoms with Crippen LogP contribution in [-0.4, -0.2) is 48.7 Å². The van der Waals surface area contributed by atoms with Gasteiger partial charge in [0.1, 0.15) is 12.3 Å². The zero-order valence-electron chi connectivity index (χ0n) is 21.7. The molecule has 196 valence electrons. The molecule has 0 spiro atoms. The van der Waals surface area contributed by atoms with Crippen LogP contribution in [-0.2, 0) is 17.9 Å². The molecule has 4 rings (SSSR count). The van der Waals surface area contributed by atoms with E-state index in [1.54, 1.807) is 52.5 Å². The van der Waals surface area contributed by atoms with Gasteiger partial charge in [-0.15, -0.1) is 11.3 Å². The first kappa shape index (κ1) is 26.3. The average Bonchev–Trinajstić information content (AvgIpc) is 3.51. The van der Waals surface area contributed by atoms with Gasteiger partial charge in [-0.2, -0.15) is 0 Å². The number of carbonyl (C=O) groups is 2. The molecule has 37 heavy (non-hydrogen) atoms. The first-order valence-electron chi connectivity index (χ1n) is 12.2. The van der Waals surface area contributed by atoms with Gasteiger partial charge < -0.3 is 29.3 Å². The normalized spacial score (nSPS) is 11.9. The molecule has 0 saturated carbocycles. The van der Waals surface area contributed by atoms with E-state index in [0.29, 0.717) is 42.6 Å². The lowest BCUT2D eigenvalue weighted by Crippen LogP contribution is -2.45. The number of anilines is 1. The summed E-state index contributed by atoms with van der Waals surface area (Å²) in [5.41, 5.74) is 2.72. The molecule has 2 aromatic carbocycles. The molecule has 0 bridgehead atoms. The standard InChI is InChI=1S/C28H33N3O5S/c1-19(2)14-31(28(33)29-22-6-8-23(34-4)9-7-22)17-27(32)30(16-26-20(3)11-12-37-26)15-21-5-10-24-25(13-21)36-18-35-24/h5-13,19H,14-18H2,1-4H3,(H,29,33). The van der Waals surface area contributed by atoms with Gasteiger partial charge in [0.25, 0.3) is 0 Å². The van der Waals surface area contributed by atoms with Gasteiger partial charge in [-0.25, -0.2) is 4.79 Å². The van der Waals surface area contributed by atoms with E-state index >= 15 is 0 Å². The van der Waals surface area contributed by atoms with Crippen LogP contribution in [0.15, 0.2) is 53.9 Å². The van der Waals surface area contributed by atoms with Gasteiger partial charge in [0.05, 0.1) is 13.7 Å². The molecule has 0 aliphatic carbocycles. The van der Waals surface area contributed by atoms with Crippen molar-refractivity contribution in [2.24, 2.45) is 5.92 Å². The summed E-state index contributed by atoms with van der Waals surface area (Å²) < 4.78 is 16.1. The van der Waals surface area contributed by atoms with Crippen LogP contribution in [0.25, 0.3) is 0 Å². The second kappa shape index (κ2) is 12.0. The van der Waals surface area contributed by atoms with E-state index in [1.165, 1.54) is 0 Å². The summed E-state index contributed by atoms with van der Waals surface area (Å²) in [6.07, 6.45) is 0. The number of aryl methyl sites for hydroxylation is 1. The maximum atomic E-state index is 13.7. The fourth-order valence-electron chi connectivity index (χ4n) is 4.03. The van der Waals surface area contributed by atoms with E-state index in [1.807, 2.05) is 44.4 Å². The fraction of sp³-hybridized carbons (Fsp3) is 0.357. The van der Waals surface area contributed by atoms with Crippen molar-refractivity contribution in [1.29, 1.82) is 0 Å². The molecule has 3 aromatic rings. The molecule has 3 amide bonds. The van der Waals surface area contributed by atoms with Crippen LogP contribution in [0, 0.1) is 12.8 Å². The number of ether oxygens (including phenoxy) is 3. The molecule has 2 heterocycles. The highest BCUT2D eigenvalue weighted by atomic mass is 32.1. The molecule has 0 fully saturated rings. The Morgan fingerprint density at radius 1 is 1.03 bits per heavy atom. The first-order chi connectivity index (χ1) is 17.8. The number of benzene rings is 2. The highest BCUT2D eigenvalue weighted by Crippen LogP contribution is 2.33. The monoisotopic (exact) mass is 523 g/mol. The molecule has 9 heteroatoms. The lowest BCUT2D eigenvalue weighted by atomic mass is 10.1. The number of thiophene rings is 1. The maximum absolute atomic E-state index is 13.7. The van der Waals surface area contributed by atoms with Crippen molar-refractivity contribution in [3.05, 3.63) is 69.9 Å². The lowest BCUT2D eigenvalue weighted by Gasteiger charge is -2.29. The van der Waals surface area contributed by atoms with Crippen LogP contribution in [0.3, 0.4) is 0 Å². The van der Waals surface area contributed by atoms with Crippen LogP contribution in [0.5, 0.6) is 17.2 Å². The Balaban J connectivity index is 1.51. The van der Waals surface area contributed by atoms with Gasteiger partial charge >= 0.3 is 6.03 Å². The molecule has 1 aromatic heterocycles. The maximum Gasteiger partial charge on any atom is 0.322 e. The van der Waals surface area contributed by atoms with Crippen molar-refractivity contribution in [1.82, 2.24) is 9.80 Å². The van der Waals surface area contributed by atoms with Gasteiger partial charge in [-0.3, -0.25) is 4.79 Å². The third kappa shape index (κ3) is 6.95. The third-order valence-electron chi connectivity index (χ3n) is 6.01. The second-order valence-corrected chi connectivity index (χ2v) is 10.4. The Bertz CT molecular complexity index is 1220. The quantitative estimate of drug-likeness (QED) is 0.379. The SMILES string of the molecule is COc1ccc(NC(=O)N(CC(=O)N(Cc2ccc3c(c2)OCO3)Cc2sccc2C)CC(C)C)cc1. The van der Waals surface area contributed by atoms with Gasteiger partial charge in [0.15, 0.2) is 11.5 Å². The minimum atomic E-state index is -0.317. The molecule has 1 N–H and O–H groups in total. The van der Waals surface area contributed by atoms with Crippen molar-refractivity contribution >= 4 is 29.0 Å². The number of carbonyl (C=O) groups excluding carboxylic acids is 2. The molecule has 0 unspecified atom stereocenters. The Labute approximate surface area is 221 Å². The number of nitrogens with zero attached hydrogens (tertiary/aromatic N) is 2. The number of urea groups is 1. The minimum absolute atomic E-state index is 0.0326. The smallest absolute Gasteiger partial charge is 0.322 e. The molecule has 1 aliphatic heterocycles. The Kier molecular flexibility index (Phi) is 8.55. The van der Waals surface area contributed by atoms with Crippen molar-refractivity contribution in [2.45, 2.75) is 33.9 Å². The summed E-state index contributed by atoms with van der Waals surface area (Å²) >= 11 is 1.62. The summed E-state index contributed by atoms with van der Waals surface area (Å²) in [6.45, 7) is 7.56. The van der Waals surface area contributed by atoms with E-state index in [2.05, 4.69) is 11.4 Å². The van der Waals surface area contributed by atoms with E-state index in [9.17, 15) is 9.59 Å². The van der Waals surface area contributed by atoms with Crippen molar-refractivity contribution in [3.63, 3.8) is 0 Å². The van der Waals surface area contributed by atoms with Gasteiger partial charge in [-0.1, -0.05) is 19.9 Å². The number of nitrogens with one attached hydrogen (secondary N) is 1. The third-order valence-corrected chi connectivity index (χ3v) is 7.01. The molecule has 0 atom stereocenters. The zero-order valence-corrected chi connectivity index (χ0v) is 22.5. The van der Waals surface area contributed by atoms with Crippen LogP contribution in [0.2, 0.25) is 0 Å². The number of hydrogen-bond donors (Lipinski definition) is 1. The van der Waals surface area contributed by atoms with Crippen molar-refractivity contribution in [2.75, 3.05) is 32.3 Å². The molecule has 0 radical (unpaired) electrons. The van der Waals surface area contributed by atoms with Crippen molar-refractivity contribution < 1.29 is 23.8 Å². The fourth-order valence-corrected chi connectivity index (χ4v) is 4.95. The number of methoxy groups -OCH3 is 1. The van der Waals surface area contributed by atoms with Crippen LogP contribution >= 0.6 is 11.3 Å². The van der Waals surface area contributed by atoms with E-state index < -0.39 is 0 Å². The summed E-state index contributed by atoms with van der Waals surface area (Å²) in [4.78, 5) is 31.4. The van der Waals surface area contributed by atoms with Crippen LogP contribution < -0.4 is 19.5 Å². The van der Waals surface area contributed by atoms with Gasteiger partial charge in [-0.05, 0) is 71.8 Å². The van der Waals surface area contributed by atoms with Crippen LogP contribution in [0.1, 0.15) is 29.9 Å². The summed E-state index contributed by atoms with van der Waals surface area (Å²) in [5, 5.41) is 4.94. The summed E-state index contributed by atoms with van der Waals surface area (Å²) in [5.74, 6) is 2.15. The summed E-state index contributed by atoms with van der Waals surface area (Å²) in [6, 6.07) is 14.6. The molecule has 0 saturated heterocycles. The Hall–Kier alpha value is -3.72. The molecule has 1 aliphatic rings. The highest BCUT2D eigenvalue weighted by Gasteiger charge is 2.24. The molecular weight excluding hydrogens is 490 g/mol. The number of amides is 3. The first-order valence-corrected chi connectivity index (χ1v) is 13.1. The molecular formula is C28H33N3O5S.